The second-order valence-corrected chi connectivity index (χ2v) is 4.89. The van der Waals surface area contributed by atoms with E-state index in [2.05, 4.69) is 15.5 Å². The van der Waals surface area contributed by atoms with Crippen molar-refractivity contribution in [3.05, 3.63) is 18.0 Å². The van der Waals surface area contributed by atoms with Gasteiger partial charge in [0.2, 0.25) is 5.91 Å². The number of aromatic nitrogens is 2. The third kappa shape index (κ3) is 5.16. The Labute approximate surface area is 121 Å². The Kier molecular flexibility index (Phi) is 5.70. The van der Waals surface area contributed by atoms with Crippen LogP contribution in [0.3, 0.4) is 0 Å². The van der Waals surface area contributed by atoms with Crippen molar-refractivity contribution in [2.75, 3.05) is 19.8 Å². The fraction of sp³-hybridized carbons (Fsp3) is 0.615. The Bertz CT molecular complexity index is 462. The van der Waals surface area contributed by atoms with Crippen LogP contribution in [0.1, 0.15) is 18.4 Å². The van der Waals surface area contributed by atoms with Crippen molar-refractivity contribution in [3.8, 4) is 0 Å². The summed E-state index contributed by atoms with van der Waals surface area (Å²) in [7, 11) is 0. The average molecular weight is 297 g/mol. The lowest BCUT2D eigenvalue weighted by Crippen LogP contribution is -2.50. The van der Waals surface area contributed by atoms with Crippen LogP contribution in [0.5, 0.6) is 0 Å². The number of hydrogen-bond acceptors (Lipinski definition) is 5. The van der Waals surface area contributed by atoms with E-state index >= 15 is 0 Å². The molecule has 0 bridgehead atoms. The standard InChI is InChI=1S/C13H19N3O5/c17-12(2-1-9-5-14-15-6-9)16-10-3-4-20-7-11(10)21-8-13(18)19/h5-6,10-11H,1-4,7-8H2,(H,14,15)(H,16,17)(H,18,19)/t10-,11-/m1/s1. The number of hydrogen-bond donors (Lipinski definition) is 3. The highest BCUT2D eigenvalue weighted by Crippen LogP contribution is 2.12. The van der Waals surface area contributed by atoms with Crippen LogP contribution in [0.2, 0.25) is 0 Å². The van der Waals surface area contributed by atoms with E-state index in [0.29, 0.717) is 32.5 Å². The van der Waals surface area contributed by atoms with Gasteiger partial charge in [-0.1, -0.05) is 0 Å². The molecular weight excluding hydrogens is 278 g/mol. The first kappa shape index (κ1) is 15.5. The number of aromatic amines is 1. The van der Waals surface area contributed by atoms with Gasteiger partial charge in [0, 0.05) is 19.2 Å². The zero-order valence-corrected chi connectivity index (χ0v) is 11.6. The Morgan fingerprint density at radius 2 is 2.43 bits per heavy atom. The average Bonchev–Trinajstić information content (AvgIpc) is 2.97. The van der Waals surface area contributed by atoms with Gasteiger partial charge >= 0.3 is 5.97 Å². The number of aliphatic carboxylic acids is 1. The molecule has 1 aromatic heterocycles. The minimum atomic E-state index is -1.04. The molecule has 0 unspecified atom stereocenters. The van der Waals surface area contributed by atoms with E-state index in [1.165, 1.54) is 0 Å². The van der Waals surface area contributed by atoms with E-state index in [-0.39, 0.29) is 11.9 Å². The molecule has 0 radical (unpaired) electrons. The zero-order chi connectivity index (χ0) is 15.1. The zero-order valence-electron chi connectivity index (χ0n) is 11.6. The van der Waals surface area contributed by atoms with Crippen molar-refractivity contribution in [3.63, 3.8) is 0 Å². The first-order valence-corrected chi connectivity index (χ1v) is 6.83. The molecule has 1 aliphatic heterocycles. The molecule has 1 aliphatic rings. The van der Waals surface area contributed by atoms with Gasteiger partial charge in [0.25, 0.3) is 0 Å². The van der Waals surface area contributed by atoms with Crippen LogP contribution < -0.4 is 5.32 Å². The predicted molar refractivity (Wildman–Crippen MR) is 71.7 cm³/mol. The van der Waals surface area contributed by atoms with Crippen LogP contribution >= 0.6 is 0 Å². The summed E-state index contributed by atoms with van der Waals surface area (Å²) in [5, 5.41) is 18.0. The molecule has 1 saturated heterocycles. The van der Waals surface area contributed by atoms with Gasteiger partial charge in [0.15, 0.2) is 0 Å². The third-order valence-corrected chi connectivity index (χ3v) is 3.27. The van der Waals surface area contributed by atoms with Gasteiger partial charge in [-0.3, -0.25) is 9.89 Å². The van der Waals surface area contributed by atoms with E-state index in [0.717, 1.165) is 5.56 Å². The lowest BCUT2D eigenvalue weighted by Gasteiger charge is -2.31. The monoisotopic (exact) mass is 297 g/mol. The van der Waals surface area contributed by atoms with Crippen molar-refractivity contribution in [1.29, 1.82) is 0 Å². The Morgan fingerprint density at radius 3 is 3.14 bits per heavy atom. The minimum Gasteiger partial charge on any atom is -0.480 e. The maximum atomic E-state index is 11.9. The maximum Gasteiger partial charge on any atom is 0.329 e. The Morgan fingerprint density at radius 1 is 1.57 bits per heavy atom. The largest absolute Gasteiger partial charge is 0.480 e. The smallest absolute Gasteiger partial charge is 0.329 e. The quantitative estimate of drug-likeness (QED) is 0.637. The molecule has 2 heterocycles. The van der Waals surface area contributed by atoms with Crippen LogP contribution in [0.15, 0.2) is 12.4 Å². The Balaban J connectivity index is 1.77. The summed E-state index contributed by atoms with van der Waals surface area (Å²) >= 11 is 0. The number of aryl methyl sites for hydroxylation is 1. The number of nitrogens with one attached hydrogen (secondary N) is 2. The number of H-pyrrole nitrogens is 1. The second-order valence-electron chi connectivity index (χ2n) is 4.89. The number of carbonyl (C=O) groups excluding carboxylic acids is 1. The molecule has 116 valence electrons. The first-order valence-electron chi connectivity index (χ1n) is 6.83. The van der Waals surface area contributed by atoms with Crippen LogP contribution in [-0.2, 0) is 25.5 Å². The highest BCUT2D eigenvalue weighted by Gasteiger charge is 2.28. The fourth-order valence-electron chi connectivity index (χ4n) is 2.17. The van der Waals surface area contributed by atoms with Crippen LogP contribution in [0.4, 0.5) is 0 Å². The molecule has 0 spiro atoms. The molecule has 0 aliphatic carbocycles. The SMILES string of the molecule is O=C(O)CO[C@@H]1COCC[C@H]1NC(=O)CCc1cn[nH]c1. The molecule has 0 saturated carbocycles. The van der Waals surface area contributed by atoms with Crippen LogP contribution in [0.25, 0.3) is 0 Å². The molecule has 2 rings (SSSR count). The van der Waals surface area contributed by atoms with Gasteiger partial charge in [-0.25, -0.2) is 4.79 Å². The number of ether oxygens (including phenoxy) is 2. The number of carboxylic acids is 1. The number of nitrogens with zero attached hydrogens (tertiary/aromatic N) is 1. The summed E-state index contributed by atoms with van der Waals surface area (Å²) in [6.07, 6.45) is 4.57. The van der Waals surface area contributed by atoms with Gasteiger partial charge in [0.1, 0.15) is 12.7 Å². The molecular formula is C13H19N3O5. The highest BCUT2D eigenvalue weighted by molar-refractivity contribution is 5.76. The molecule has 1 aromatic rings. The number of rotatable bonds is 7. The first-order chi connectivity index (χ1) is 10.1. The molecule has 3 N–H and O–H groups in total. The summed E-state index contributed by atoms with van der Waals surface area (Å²) in [4.78, 5) is 22.5. The molecule has 8 nitrogen and oxygen atoms in total. The van der Waals surface area contributed by atoms with Gasteiger partial charge in [-0.2, -0.15) is 5.10 Å². The minimum absolute atomic E-state index is 0.0907. The summed E-state index contributed by atoms with van der Waals surface area (Å²) in [6, 6.07) is -0.213. The lowest BCUT2D eigenvalue weighted by atomic mass is 10.1. The summed E-state index contributed by atoms with van der Waals surface area (Å²) in [6.45, 7) is 0.426. The molecule has 8 heteroatoms. The lowest BCUT2D eigenvalue weighted by molar-refractivity contribution is -0.149. The van der Waals surface area contributed by atoms with E-state index in [4.69, 9.17) is 14.6 Å². The summed E-state index contributed by atoms with van der Waals surface area (Å²) in [5.41, 5.74) is 0.968. The molecule has 21 heavy (non-hydrogen) atoms. The summed E-state index contributed by atoms with van der Waals surface area (Å²) in [5.74, 6) is -1.13. The van der Waals surface area contributed by atoms with Crippen LogP contribution in [0, 0.1) is 0 Å². The van der Waals surface area contributed by atoms with E-state index in [1.54, 1.807) is 12.4 Å². The van der Waals surface area contributed by atoms with Crippen molar-refractivity contribution < 1.29 is 24.2 Å². The van der Waals surface area contributed by atoms with E-state index in [9.17, 15) is 9.59 Å². The van der Waals surface area contributed by atoms with Crippen molar-refractivity contribution in [1.82, 2.24) is 15.5 Å². The maximum absolute atomic E-state index is 11.9. The molecule has 1 amide bonds. The third-order valence-electron chi connectivity index (χ3n) is 3.27. The normalized spacial score (nSPS) is 21.9. The fourth-order valence-corrected chi connectivity index (χ4v) is 2.17. The van der Waals surface area contributed by atoms with Crippen molar-refractivity contribution in [2.24, 2.45) is 0 Å². The van der Waals surface area contributed by atoms with Gasteiger partial charge in [0.05, 0.1) is 18.8 Å². The number of carboxylic acid groups (broad SMARTS) is 1. The topological polar surface area (TPSA) is 114 Å². The van der Waals surface area contributed by atoms with Crippen molar-refractivity contribution >= 4 is 11.9 Å². The van der Waals surface area contributed by atoms with Crippen LogP contribution in [-0.4, -0.2) is 59.1 Å². The van der Waals surface area contributed by atoms with Crippen molar-refractivity contribution in [2.45, 2.75) is 31.4 Å². The van der Waals surface area contributed by atoms with E-state index in [1.807, 2.05) is 0 Å². The second kappa shape index (κ2) is 7.75. The molecule has 0 aromatic carbocycles. The van der Waals surface area contributed by atoms with Gasteiger partial charge < -0.3 is 19.9 Å². The highest BCUT2D eigenvalue weighted by atomic mass is 16.5. The van der Waals surface area contributed by atoms with Gasteiger partial charge in [-0.05, 0) is 18.4 Å². The predicted octanol–water partition coefficient (Wildman–Crippen LogP) is -0.283. The molecule has 1 fully saturated rings. The van der Waals surface area contributed by atoms with Gasteiger partial charge in [-0.15, -0.1) is 0 Å². The number of carbonyl (C=O) groups is 2. The summed E-state index contributed by atoms with van der Waals surface area (Å²) < 4.78 is 10.5. The number of amides is 1. The Hall–Kier alpha value is -1.93. The molecule has 2 atom stereocenters. The van der Waals surface area contributed by atoms with E-state index < -0.39 is 18.7 Å².